The van der Waals surface area contributed by atoms with E-state index in [0.29, 0.717) is 19.6 Å². The van der Waals surface area contributed by atoms with Crippen molar-refractivity contribution in [1.29, 1.82) is 0 Å². The standard InChI is InChI=1S/C9H19ClN2O2/c1-7(2)9(14)12-4-3-11-6-8(13)5-10/h7-8,11,13H,3-6H2,1-2H3,(H,12,14). The minimum absolute atomic E-state index is 0.0171. The predicted molar refractivity (Wildman–Crippen MR) is 57.4 cm³/mol. The van der Waals surface area contributed by atoms with Crippen LogP contribution in [0.3, 0.4) is 0 Å². The summed E-state index contributed by atoms with van der Waals surface area (Å²) in [5.74, 6) is 0.291. The van der Waals surface area contributed by atoms with Crippen molar-refractivity contribution in [1.82, 2.24) is 10.6 Å². The first-order valence-electron chi connectivity index (χ1n) is 4.80. The minimum atomic E-state index is -0.516. The van der Waals surface area contributed by atoms with E-state index in [1.54, 1.807) is 0 Å². The molecular formula is C9H19ClN2O2. The predicted octanol–water partition coefficient (Wildman–Crippen LogP) is -0.0521. The molecule has 1 unspecified atom stereocenters. The summed E-state index contributed by atoms with van der Waals surface area (Å²) >= 11 is 5.40. The van der Waals surface area contributed by atoms with E-state index >= 15 is 0 Å². The third-order valence-corrected chi connectivity index (χ3v) is 2.04. The molecule has 0 heterocycles. The van der Waals surface area contributed by atoms with Crippen molar-refractivity contribution in [2.75, 3.05) is 25.5 Å². The third kappa shape index (κ3) is 7.12. The number of alkyl halides is 1. The van der Waals surface area contributed by atoms with E-state index in [4.69, 9.17) is 16.7 Å². The molecule has 0 saturated heterocycles. The summed E-state index contributed by atoms with van der Waals surface area (Å²) < 4.78 is 0. The second-order valence-corrected chi connectivity index (χ2v) is 3.77. The van der Waals surface area contributed by atoms with Crippen molar-refractivity contribution in [2.24, 2.45) is 5.92 Å². The molecule has 5 heteroatoms. The highest BCUT2D eigenvalue weighted by Crippen LogP contribution is 1.89. The van der Waals surface area contributed by atoms with Crippen molar-refractivity contribution < 1.29 is 9.90 Å². The summed E-state index contributed by atoms with van der Waals surface area (Å²) in [7, 11) is 0. The SMILES string of the molecule is CC(C)C(=O)NCCNCC(O)CCl. The summed E-state index contributed by atoms with van der Waals surface area (Å²) in [5, 5.41) is 14.8. The van der Waals surface area contributed by atoms with Crippen LogP contribution in [0.15, 0.2) is 0 Å². The van der Waals surface area contributed by atoms with Crippen molar-refractivity contribution in [3.63, 3.8) is 0 Å². The van der Waals surface area contributed by atoms with Crippen LogP contribution in [-0.2, 0) is 4.79 Å². The molecule has 0 aliphatic rings. The zero-order chi connectivity index (χ0) is 11.0. The molecule has 0 aromatic heterocycles. The van der Waals surface area contributed by atoms with Crippen LogP contribution in [0.2, 0.25) is 0 Å². The highest BCUT2D eigenvalue weighted by molar-refractivity contribution is 6.18. The number of aliphatic hydroxyl groups excluding tert-OH is 1. The van der Waals surface area contributed by atoms with Crippen molar-refractivity contribution in [3.8, 4) is 0 Å². The maximum atomic E-state index is 11.1. The lowest BCUT2D eigenvalue weighted by Gasteiger charge is -2.10. The summed E-state index contributed by atoms with van der Waals surface area (Å²) in [6.07, 6.45) is -0.516. The fourth-order valence-electron chi connectivity index (χ4n) is 0.801. The molecule has 0 aromatic carbocycles. The van der Waals surface area contributed by atoms with Crippen LogP contribution in [0.4, 0.5) is 0 Å². The van der Waals surface area contributed by atoms with Gasteiger partial charge in [0.2, 0.25) is 5.91 Å². The van der Waals surface area contributed by atoms with Crippen LogP contribution in [0.25, 0.3) is 0 Å². The van der Waals surface area contributed by atoms with E-state index in [1.165, 1.54) is 0 Å². The number of amides is 1. The Hall–Kier alpha value is -0.320. The van der Waals surface area contributed by atoms with Crippen LogP contribution in [-0.4, -0.2) is 42.6 Å². The van der Waals surface area contributed by atoms with E-state index in [-0.39, 0.29) is 17.7 Å². The van der Waals surface area contributed by atoms with Crippen molar-refractivity contribution >= 4 is 17.5 Å². The van der Waals surface area contributed by atoms with Gasteiger partial charge in [0, 0.05) is 31.4 Å². The first-order chi connectivity index (χ1) is 6.57. The fourth-order valence-corrected chi connectivity index (χ4v) is 0.911. The zero-order valence-corrected chi connectivity index (χ0v) is 9.47. The molecule has 0 bridgehead atoms. The smallest absolute Gasteiger partial charge is 0.222 e. The number of halogens is 1. The topological polar surface area (TPSA) is 61.4 Å². The molecule has 0 aliphatic heterocycles. The number of hydrogen-bond acceptors (Lipinski definition) is 3. The van der Waals surface area contributed by atoms with E-state index in [9.17, 15) is 4.79 Å². The van der Waals surface area contributed by atoms with E-state index in [1.807, 2.05) is 13.8 Å². The Bertz CT molecular complexity index is 165. The average Bonchev–Trinajstić information content (AvgIpc) is 2.16. The van der Waals surface area contributed by atoms with Crippen LogP contribution >= 0.6 is 11.6 Å². The molecule has 0 spiro atoms. The molecule has 1 atom stereocenters. The number of aliphatic hydroxyl groups is 1. The molecule has 1 amide bonds. The summed E-state index contributed by atoms with van der Waals surface area (Å²) in [5.41, 5.74) is 0. The Labute approximate surface area is 90.0 Å². The van der Waals surface area contributed by atoms with Crippen molar-refractivity contribution in [3.05, 3.63) is 0 Å². The molecule has 84 valence electrons. The summed E-state index contributed by atoms with van der Waals surface area (Å²) in [4.78, 5) is 11.1. The number of carbonyl (C=O) groups excluding carboxylic acids is 1. The monoisotopic (exact) mass is 222 g/mol. The highest BCUT2D eigenvalue weighted by atomic mass is 35.5. The average molecular weight is 223 g/mol. The molecule has 0 saturated carbocycles. The first-order valence-corrected chi connectivity index (χ1v) is 5.33. The second kappa shape index (κ2) is 8.03. The molecule has 3 N–H and O–H groups in total. The van der Waals surface area contributed by atoms with Crippen LogP contribution in [0.5, 0.6) is 0 Å². The van der Waals surface area contributed by atoms with Gasteiger partial charge in [0.1, 0.15) is 0 Å². The Morgan fingerprint density at radius 3 is 2.57 bits per heavy atom. The number of nitrogens with one attached hydrogen (secondary N) is 2. The number of rotatable bonds is 7. The highest BCUT2D eigenvalue weighted by Gasteiger charge is 2.05. The van der Waals surface area contributed by atoms with Gasteiger partial charge in [-0.2, -0.15) is 0 Å². The van der Waals surface area contributed by atoms with Gasteiger partial charge in [-0.25, -0.2) is 0 Å². The Morgan fingerprint density at radius 1 is 1.43 bits per heavy atom. The maximum Gasteiger partial charge on any atom is 0.222 e. The van der Waals surface area contributed by atoms with Crippen LogP contribution in [0.1, 0.15) is 13.8 Å². The molecule has 4 nitrogen and oxygen atoms in total. The van der Waals surface area contributed by atoms with Gasteiger partial charge in [0.15, 0.2) is 0 Å². The summed E-state index contributed by atoms with van der Waals surface area (Å²) in [6, 6.07) is 0. The third-order valence-electron chi connectivity index (χ3n) is 1.68. The van der Waals surface area contributed by atoms with Gasteiger partial charge in [0.05, 0.1) is 6.10 Å². The molecule has 14 heavy (non-hydrogen) atoms. The van der Waals surface area contributed by atoms with Crippen LogP contribution in [0, 0.1) is 5.92 Å². The second-order valence-electron chi connectivity index (χ2n) is 3.46. The lowest BCUT2D eigenvalue weighted by molar-refractivity contribution is -0.123. The molecule has 0 aromatic rings. The molecule has 0 rings (SSSR count). The largest absolute Gasteiger partial charge is 0.391 e. The Balaban J connectivity index is 3.26. The fraction of sp³-hybridized carbons (Fsp3) is 0.889. The number of carbonyl (C=O) groups is 1. The van der Waals surface area contributed by atoms with Gasteiger partial charge in [-0.15, -0.1) is 11.6 Å². The molecular weight excluding hydrogens is 204 g/mol. The molecule has 0 aliphatic carbocycles. The van der Waals surface area contributed by atoms with Gasteiger partial charge >= 0.3 is 0 Å². The lowest BCUT2D eigenvalue weighted by Crippen LogP contribution is -2.37. The van der Waals surface area contributed by atoms with Gasteiger partial charge in [0.25, 0.3) is 0 Å². The van der Waals surface area contributed by atoms with Gasteiger partial charge in [-0.05, 0) is 0 Å². The first kappa shape index (κ1) is 13.7. The summed E-state index contributed by atoms with van der Waals surface area (Å²) in [6.45, 7) is 5.37. The van der Waals surface area contributed by atoms with Gasteiger partial charge < -0.3 is 15.7 Å². The minimum Gasteiger partial charge on any atom is -0.391 e. The van der Waals surface area contributed by atoms with Gasteiger partial charge in [-0.3, -0.25) is 4.79 Å². The molecule has 0 radical (unpaired) electrons. The van der Waals surface area contributed by atoms with E-state index < -0.39 is 6.10 Å². The van der Waals surface area contributed by atoms with Crippen molar-refractivity contribution in [2.45, 2.75) is 20.0 Å². The molecule has 0 fully saturated rings. The quantitative estimate of drug-likeness (QED) is 0.418. The lowest BCUT2D eigenvalue weighted by atomic mass is 10.2. The zero-order valence-electron chi connectivity index (χ0n) is 8.72. The van der Waals surface area contributed by atoms with E-state index in [0.717, 1.165) is 0 Å². The van der Waals surface area contributed by atoms with Crippen LogP contribution < -0.4 is 10.6 Å². The Kier molecular flexibility index (Phi) is 7.84. The van der Waals surface area contributed by atoms with E-state index in [2.05, 4.69) is 10.6 Å². The number of hydrogen-bond donors (Lipinski definition) is 3. The van der Waals surface area contributed by atoms with Gasteiger partial charge in [-0.1, -0.05) is 13.8 Å². The maximum absolute atomic E-state index is 11.1. The normalized spacial score (nSPS) is 12.9. The Morgan fingerprint density at radius 2 is 2.07 bits per heavy atom.